The average Bonchev–Trinajstić information content (AvgIpc) is 2.47. The van der Waals surface area contributed by atoms with Gasteiger partial charge in [0.15, 0.2) is 0 Å². The van der Waals surface area contributed by atoms with Crippen molar-refractivity contribution in [3.8, 4) is 5.75 Å². The van der Waals surface area contributed by atoms with Crippen LogP contribution in [-0.2, 0) is 14.8 Å². The van der Waals surface area contributed by atoms with Gasteiger partial charge >= 0.3 is 21.5 Å². The molecule has 134 valence electrons. The molecule has 1 aromatic rings. The number of carbonyl (C=O) groups is 1. The molecule has 8 nitrogen and oxygen atoms in total. The second-order valence-electron chi connectivity index (χ2n) is 4.33. The van der Waals surface area contributed by atoms with Crippen molar-refractivity contribution < 1.29 is 46.4 Å². The van der Waals surface area contributed by atoms with Crippen LogP contribution in [0.15, 0.2) is 28.7 Å². The molecule has 24 heavy (non-hydrogen) atoms. The molecule has 0 heterocycles. The van der Waals surface area contributed by atoms with Crippen LogP contribution >= 0.6 is 0 Å². The minimum absolute atomic E-state index is 0.308. The van der Waals surface area contributed by atoms with E-state index in [9.17, 15) is 31.5 Å². The Bertz CT molecular complexity index is 726. The molecule has 12 heteroatoms. The van der Waals surface area contributed by atoms with E-state index in [2.05, 4.69) is 4.40 Å². The number of aliphatic hydroxyl groups is 2. The zero-order chi connectivity index (χ0) is 18.5. The van der Waals surface area contributed by atoms with Crippen molar-refractivity contribution in [1.82, 2.24) is 0 Å². The summed E-state index contributed by atoms with van der Waals surface area (Å²) in [5.74, 6) is -4.31. The van der Waals surface area contributed by atoms with Crippen LogP contribution in [0.3, 0.4) is 0 Å². The number of ether oxygens (including phenoxy) is 1. The Kier molecular flexibility index (Phi) is 6.29. The van der Waals surface area contributed by atoms with E-state index in [1.807, 2.05) is 0 Å². The van der Waals surface area contributed by atoms with Gasteiger partial charge in [0.2, 0.25) is 0 Å². The number of carbonyl (C=O) groups excluding carboxylic acids is 1. The third-order valence-electron chi connectivity index (χ3n) is 2.57. The van der Waals surface area contributed by atoms with Crippen molar-refractivity contribution in [2.75, 3.05) is 13.2 Å². The number of benzene rings is 1. The van der Waals surface area contributed by atoms with E-state index >= 15 is 0 Å². The zero-order valence-electron chi connectivity index (χ0n) is 11.7. The van der Waals surface area contributed by atoms with Gasteiger partial charge in [-0.1, -0.05) is 12.1 Å². The van der Waals surface area contributed by atoms with Crippen LogP contribution in [0.5, 0.6) is 5.75 Å². The Balaban J connectivity index is 3.07. The molecule has 2 N–H and O–H groups in total. The van der Waals surface area contributed by atoms with Gasteiger partial charge < -0.3 is 20.1 Å². The van der Waals surface area contributed by atoms with E-state index in [0.29, 0.717) is 0 Å². The molecule has 0 aromatic heterocycles. The lowest BCUT2D eigenvalue weighted by Crippen LogP contribution is -2.28. The maximum Gasteiger partial charge on any atom is 0.518 e. The van der Waals surface area contributed by atoms with Gasteiger partial charge in [0, 0.05) is 5.90 Å². The highest BCUT2D eigenvalue weighted by molar-refractivity contribution is 7.91. The second-order valence-corrected chi connectivity index (χ2v) is 5.92. The van der Waals surface area contributed by atoms with Crippen LogP contribution in [0.25, 0.3) is 0 Å². The number of alkyl halides is 3. The minimum Gasteiger partial charge on any atom is -0.858 e. The van der Waals surface area contributed by atoms with E-state index < -0.39 is 52.1 Å². The third kappa shape index (κ3) is 4.91. The van der Waals surface area contributed by atoms with Gasteiger partial charge in [-0.25, -0.2) is 0 Å². The number of sulfonamides is 1. The van der Waals surface area contributed by atoms with Crippen LogP contribution in [0.1, 0.15) is 5.56 Å². The SMILES string of the molecule is O=C(Oc1cccc(/C([O-])=N\S(=O)(=O)C(F)(F)F)c1)C(CO)CO. The van der Waals surface area contributed by atoms with Gasteiger partial charge in [-0.3, -0.25) is 4.79 Å². The molecule has 0 bridgehead atoms. The Morgan fingerprint density at radius 2 is 1.88 bits per heavy atom. The van der Waals surface area contributed by atoms with Gasteiger partial charge in [0.25, 0.3) is 0 Å². The summed E-state index contributed by atoms with van der Waals surface area (Å²) in [6.45, 7) is -1.43. The molecular weight excluding hydrogens is 359 g/mol. The Morgan fingerprint density at radius 1 is 1.29 bits per heavy atom. The highest BCUT2D eigenvalue weighted by Crippen LogP contribution is 2.25. The number of rotatable bonds is 6. The molecule has 0 atom stereocenters. The zero-order valence-corrected chi connectivity index (χ0v) is 12.5. The fraction of sp³-hybridized carbons (Fsp3) is 0.333. The van der Waals surface area contributed by atoms with Gasteiger partial charge in [-0.2, -0.15) is 26.0 Å². The van der Waals surface area contributed by atoms with Crippen molar-refractivity contribution in [3.63, 3.8) is 0 Å². The number of nitrogens with zero attached hydrogens (tertiary/aromatic N) is 1. The lowest BCUT2D eigenvalue weighted by molar-refractivity contribution is -0.212. The fourth-order valence-electron chi connectivity index (χ4n) is 1.31. The molecule has 0 unspecified atom stereocenters. The molecule has 1 aromatic carbocycles. The number of esters is 1. The normalized spacial score (nSPS) is 13.2. The summed E-state index contributed by atoms with van der Waals surface area (Å²) in [6, 6.07) is 4.02. The summed E-state index contributed by atoms with van der Waals surface area (Å²) in [4.78, 5) is 11.5. The molecule has 0 amide bonds. The largest absolute Gasteiger partial charge is 0.858 e. The number of halogens is 3. The number of hydrogen-bond donors (Lipinski definition) is 2. The van der Waals surface area contributed by atoms with E-state index in [1.165, 1.54) is 0 Å². The highest BCUT2D eigenvalue weighted by atomic mass is 32.2. The second kappa shape index (κ2) is 7.59. The molecule has 0 aliphatic heterocycles. The summed E-state index contributed by atoms with van der Waals surface area (Å²) in [5, 5.41) is 29.2. The first-order valence-electron chi connectivity index (χ1n) is 6.14. The van der Waals surface area contributed by atoms with Crippen LogP contribution in [0, 0.1) is 5.92 Å². The Hall–Kier alpha value is -2.18. The van der Waals surface area contributed by atoms with E-state index in [0.717, 1.165) is 24.3 Å². The third-order valence-corrected chi connectivity index (χ3v) is 3.56. The molecule has 0 aliphatic rings. The van der Waals surface area contributed by atoms with Gasteiger partial charge in [-0.15, -0.1) is 0 Å². The molecule has 0 radical (unpaired) electrons. The standard InChI is InChI=1S/C12H12F3NO7S/c13-12(14,15)24(21,22)16-10(19)7-2-1-3-9(4-7)23-11(20)8(5-17)6-18/h1-4,8,17-18H,5-6H2,(H,16,19)/p-1. The smallest absolute Gasteiger partial charge is 0.518 e. The molecule has 0 fully saturated rings. The van der Waals surface area contributed by atoms with E-state index in [1.54, 1.807) is 0 Å². The molecule has 0 aliphatic carbocycles. The lowest BCUT2D eigenvalue weighted by atomic mass is 10.2. The first kappa shape index (κ1) is 19.9. The average molecular weight is 370 g/mol. The monoisotopic (exact) mass is 370 g/mol. The summed E-state index contributed by atoms with van der Waals surface area (Å²) in [6.07, 6.45) is 0. The maximum atomic E-state index is 12.2. The minimum atomic E-state index is -6.00. The quantitative estimate of drug-likeness (QED) is 0.288. The molecule has 1 rings (SSSR count). The predicted octanol–water partition coefficient (Wildman–Crippen LogP) is -0.851. The highest BCUT2D eigenvalue weighted by Gasteiger charge is 2.45. The molecule has 0 spiro atoms. The summed E-state index contributed by atoms with van der Waals surface area (Å²) in [5.41, 5.74) is -6.29. The van der Waals surface area contributed by atoms with Crippen LogP contribution in [0.4, 0.5) is 13.2 Å². The van der Waals surface area contributed by atoms with Crippen molar-refractivity contribution in [2.24, 2.45) is 10.3 Å². The van der Waals surface area contributed by atoms with Crippen molar-refractivity contribution in [1.29, 1.82) is 0 Å². The first-order chi connectivity index (χ1) is 11.0. The van der Waals surface area contributed by atoms with Crippen LogP contribution in [-0.4, -0.2) is 49.2 Å². The van der Waals surface area contributed by atoms with Gasteiger partial charge in [0.05, 0.1) is 13.2 Å². The van der Waals surface area contributed by atoms with Crippen LogP contribution < -0.4 is 9.84 Å². The fourth-order valence-corrected chi connectivity index (χ4v) is 1.74. The van der Waals surface area contributed by atoms with E-state index in [-0.39, 0.29) is 5.75 Å². The molecule has 0 saturated heterocycles. The summed E-state index contributed by atoms with van der Waals surface area (Å²) >= 11 is 0. The van der Waals surface area contributed by atoms with Crippen molar-refractivity contribution in [3.05, 3.63) is 29.8 Å². The number of hydrogen-bond acceptors (Lipinski definition) is 7. The summed E-state index contributed by atoms with van der Waals surface area (Å²) in [7, 11) is -6.00. The maximum absolute atomic E-state index is 12.2. The first-order valence-corrected chi connectivity index (χ1v) is 7.58. The lowest BCUT2D eigenvalue weighted by Gasteiger charge is -2.14. The topological polar surface area (TPSA) is 136 Å². The summed E-state index contributed by atoms with van der Waals surface area (Å²) < 4.78 is 65.0. The van der Waals surface area contributed by atoms with Gasteiger partial charge in [0.1, 0.15) is 11.7 Å². The van der Waals surface area contributed by atoms with Crippen molar-refractivity contribution >= 4 is 21.9 Å². The van der Waals surface area contributed by atoms with Gasteiger partial charge in [-0.05, 0) is 17.7 Å². The Morgan fingerprint density at radius 3 is 2.38 bits per heavy atom. The van der Waals surface area contributed by atoms with Crippen molar-refractivity contribution in [2.45, 2.75) is 5.51 Å². The predicted molar refractivity (Wildman–Crippen MR) is 71.3 cm³/mol. The molecular formula is C12H11F3NO7S-. The Labute approximate surface area is 133 Å². The number of aliphatic hydroxyl groups excluding tert-OH is 2. The molecule has 0 saturated carbocycles. The van der Waals surface area contributed by atoms with Crippen LogP contribution in [0.2, 0.25) is 0 Å². The van der Waals surface area contributed by atoms with E-state index in [4.69, 9.17) is 14.9 Å².